The fraction of sp³-hybridized carbons (Fsp3) is 0.353. The molecule has 0 fully saturated rings. The lowest BCUT2D eigenvalue weighted by atomic mass is 10.1. The lowest BCUT2D eigenvalue weighted by Gasteiger charge is -2.17. The molecule has 0 radical (unpaired) electrons. The number of halogens is 3. The van der Waals surface area contributed by atoms with Gasteiger partial charge >= 0.3 is 6.18 Å². The summed E-state index contributed by atoms with van der Waals surface area (Å²) in [7, 11) is 1.65. The molecule has 0 aliphatic carbocycles. The highest BCUT2D eigenvalue weighted by molar-refractivity contribution is 5.94. The van der Waals surface area contributed by atoms with Crippen molar-refractivity contribution in [3.8, 4) is 5.69 Å². The van der Waals surface area contributed by atoms with E-state index in [9.17, 15) is 18.0 Å². The molecular weight excluding hydrogens is 391 g/mol. The van der Waals surface area contributed by atoms with Gasteiger partial charge in [-0.2, -0.15) is 23.3 Å². The van der Waals surface area contributed by atoms with Gasteiger partial charge in [0.05, 0.1) is 30.0 Å². The van der Waals surface area contributed by atoms with Gasteiger partial charge in [0.15, 0.2) is 5.82 Å². The lowest BCUT2D eigenvalue weighted by Crippen LogP contribution is -2.30. The Morgan fingerprint density at radius 1 is 1.34 bits per heavy atom. The molecule has 1 amide bonds. The molecule has 0 saturated heterocycles. The number of carbonyl (C=O) groups is 1. The molecule has 0 unspecified atom stereocenters. The monoisotopic (exact) mass is 409 g/mol. The third-order valence-electron chi connectivity index (χ3n) is 3.91. The second-order valence-corrected chi connectivity index (χ2v) is 6.25. The summed E-state index contributed by atoms with van der Waals surface area (Å²) in [5.74, 6) is 0.391. The number of rotatable bonds is 7. The maximum Gasteiger partial charge on any atom is 0.416 e. The van der Waals surface area contributed by atoms with Crippen LogP contribution in [0.2, 0.25) is 0 Å². The molecule has 3 rings (SSSR count). The predicted octanol–water partition coefficient (Wildman–Crippen LogP) is 2.30. The third kappa shape index (κ3) is 5.16. The minimum absolute atomic E-state index is 0.0326. The van der Waals surface area contributed by atoms with Crippen LogP contribution in [0.1, 0.15) is 24.2 Å². The number of benzene rings is 1. The summed E-state index contributed by atoms with van der Waals surface area (Å²) < 4.78 is 45.6. The summed E-state index contributed by atoms with van der Waals surface area (Å²) in [6.07, 6.45) is -1.36. The van der Waals surface area contributed by atoms with Crippen molar-refractivity contribution in [3.63, 3.8) is 0 Å². The Hall–Kier alpha value is -3.28. The number of nitrogens with zero attached hydrogens (tertiary/aromatic N) is 6. The van der Waals surface area contributed by atoms with E-state index in [4.69, 9.17) is 4.52 Å². The summed E-state index contributed by atoms with van der Waals surface area (Å²) in [6, 6.07) is 3.00. The van der Waals surface area contributed by atoms with Crippen LogP contribution in [0.4, 0.5) is 18.9 Å². The van der Waals surface area contributed by atoms with Crippen LogP contribution in [0.25, 0.3) is 5.69 Å². The van der Waals surface area contributed by atoms with Crippen molar-refractivity contribution >= 4 is 11.6 Å². The van der Waals surface area contributed by atoms with Crippen LogP contribution in [0.3, 0.4) is 0 Å². The van der Waals surface area contributed by atoms with Crippen LogP contribution in [0.5, 0.6) is 0 Å². The molecule has 3 aromatic rings. The standard InChI is InChI=1S/C17H18F3N7O2/c1-3-14-24-16(29-25-14)8-26(2)7-15(28)23-12-6-11(17(18,19)20)4-5-13(12)27-10-21-9-22-27/h4-6,9-10H,3,7-8H2,1-2H3,(H,23,28). The van der Waals surface area contributed by atoms with Crippen molar-refractivity contribution in [1.82, 2.24) is 29.8 Å². The summed E-state index contributed by atoms with van der Waals surface area (Å²) in [6.45, 7) is 2.00. The number of aryl methyl sites for hydroxylation is 1. The van der Waals surface area contributed by atoms with Gasteiger partial charge in [-0.15, -0.1) is 0 Å². The Labute approximate surface area is 163 Å². The first-order chi connectivity index (χ1) is 13.8. The van der Waals surface area contributed by atoms with Crippen LogP contribution in [0.15, 0.2) is 35.4 Å². The Kier molecular flexibility index (Phi) is 5.92. The predicted molar refractivity (Wildman–Crippen MR) is 95.0 cm³/mol. The number of hydrogen-bond donors (Lipinski definition) is 1. The Bertz CT molecular complexity index is 970. The molecule has 0 spiro atoms. The van der Waals surface area contributed by atoms with Gasteiger partial charge in [0.25, 0.3) is 0 Å². The van der Waals surface area contributed by atoms with Crippen molar-refractivity contribution in [2.75, 3.05) is 18.9 Å². The van der Waals surface area contributed by atoms with E-state index in [1.807, 2.05) is 6.92 Å². The molecule has 29 heavy (non-hydrogen) atoms. The van der Waals surface area contributed by atoms with E-state index < -0.39 is 17.6 Å². The van der Waals surface area contributed by atoms with E-state index in [0.717, 1.165) is 12.1 Å². The number of hydrogen-bond acceptors (Lipinski definition) is 7. The van der Waals surface area contributed by atoms with Crippen LogP contribution >= 0.6 is 0 Å². The number of anilines is 1. The Morgan fingerprint density at radius 3 is 2.76 bits per heavy atom. The average Bonchev–Trinajstić information content (AvgIpc) is 3.32. The number of likely N-dealkylation sites (N-methyl/N-ethyl adjacent to an activating group) is 1. The van der Waals surface area contributed by atoms with Crippen LogP contribution in [-0.4, -0.2) is 49.3 Å². The van der Waals surface area contributed by atoms with Gasteiger partial charge in [0, 0.05) is 6.42 Å². The van der Waals surface area contributed by atoms with E-state index in [1.54, 1.807) is 11.9 Å². The minimum Gasteiger partial charge on any atom is -0.338 e. The largest absolute Gasteiger partial charge is 0.416 e. The molecule has 0 aliphatic heterocycles. The molecule has 0 atom stereocenters. The molecule has 9 nitrogen and oxygen atoms in total. The SMILES string of the molecule is CCc1noc(CN(C)CC(=O)Nc2cc(C(F)(F)F)ccc2-n2cncn2)n1. The number of aromatic nitrogens is 5. The highest BCUT2D eigenvalue weighted by atomic mass is 19.4. The van der Waals surface area contributed by atoms with Crippen LogP contribution in [0, 0.1) is 0 Å². The Balaban J connectivity index is 1.74. The van der Waals surface area contributed by atoms with Crippen molar-refractivity contribution < 1.29 is 22.5 Å². The van der Waals surface area contributed by atoms with Crippen LogP contribution < -0.4 is 5.32 Å². The number of nitrogens with one attached hydrogen (secondary N) is 1. The van der Waals surface area contributed by atoms with Gasteiger partial charge in [-0.3, -0.25) is 9.69 Å². The minimum atomic E-state index is -4.55. The zero-order valence-electron chi connectivity index (χ0n) is 15.6. The van der Waals surface area contributed by atoms with Crippen molar-refractivity contribution in [2.24, 2.45) is 0 Å². The zero-order valence-corrected chi connectivity index (χ0v) is 15.6. The first-order valence-corrected chi connectivity index (χ1v) is 8.62. The number of carbonyl (C=O) groups excluding carboxylic acids is 1. The molecule has 154 valence electrons. The number of alkyl halides is 3. The normalized spacial score (nSPS) is 11.8. The lowest BCUT2D eigenvalue weighted by molar-refractivity contribution is -0.137. The number of amides is 1. The quantitative estimate of drug-likeness (QED) is 0.639. The van der Waals surface area contributed by atoms with Gasteiger partial charge < -0.3 is 9.84 Å². The summed E-state index contributed by atoms with van der Waals surface area (Å²) in [4.78, 5) is 21.9. The van der Waals surface area contributed by atoms with E-state index in [2.05, 4.69) is 25.5 Å². The highest BCUT2D eigenvalue weighted by Crippen LogP contribution is 2.33. The second-order valence-electron chi connectivity index (χ2n) is 6.25. The Morgan fingerprint density at radius 2 is 2.14 bits per heavy atom. The van der Waals surface area contributed by atoms with Crippen molar-refractivity contribution in [3.05, 3.63) is 48.1 Å². The molecule has 2 aromatic heterocycles. The molecule has 1 aromatic carbocycles. The smallest absolute Gasteiger partial charge is 0.338 e. The zero-order chi connectivity index (χ0) is 21.0. The fourth-order valence-electron chi connectivity index (χ4n) is 2.56. The molecular formula is C17H18F3N7O2. The second kappa shape index (κ2) is 8.39. The first-order valence-electron chi connectivity index (χ1n) is 8.62. The van der Waals surface area contributed by atoms with E-state index >= 15 is 0 Å². The average molecular weight is 409 g/mol. The van der Waals surface area contributed by atoms with Crippen LogP contribution in [-0.2, 0) is 23.9 Å². The fourth-order valence-corrected chi connectivity index (χ4v) is 2.56. The van der Waals surface area contributed by atoms with E-state index in [1.165, 1.54) is 23.4 Å². The van der Waals surface area contributed by atoms with E-state index in [0.29, 0.717) is 18.1 Å². The van der Waals surface area contributed by atoms with E-state index in [-0.39, 0.29) is 24.5 Å². The van der Waals surface area contributed by atoms with Gasteiger partial charge in [-0.05, 0) is 25.2 Å². The van der Waals surface area contributed by atoms with Gasteiger partial charge in [0.1, 0.15) is 12.7 Å². The summed E-state index contributed by atoms with van der Waals surface area (Å²) in [5.41, 5.74) is -0.659. The molecule has 12 heteroatoms. The molecule has 1 N–H and O–H groups in total. The van der Waals surface area contributed by atoms with Crippen molar-refractivity contribution in [1.29, 1.82) is 0 Å². The van der Waals surface area contributed by atoms with Gasteiger partial charge in [-0.25, -0.2) is 9.67 Å². The maximum absolute atomic E-state index is 13.1. The molecule has 0 aliphatic rings. The molecule has 0 saturated carbocycles. The third-order valence-corrected chi connectivity index (χ3v) is 3.91. The maximum atomic E-state index is 13.1. The van der Waals surface area contributed by atoms with Gasteiger partial charge in [0.2, 0.25) is 11.8 Å². The highest BCUT2D eigenvalue weighted by Gasteiger charge is 2.31. The van der Waals surface area contributed by atoms with Crippen molar-refractivity contribution in [2.45, 2.75) is 26.1 Å². The molecule has 2 heterocycles. The summed E-state index contributed by atoms with van der Waals surface area (Å²) >= 11 is 0. The summed E-state index contributed by atoms with van der Waals surface area (Å²) in [5, 5.41) is 10.2. The first kappa shape index (κ1) is 20.5. The van der Waals surface area contributed by atoms with Gasteiger partial charge in [-0.1, -0.05) is 12.1 Å². The topological polar surface area (TPSA) is 102 Å². The molecule has 0 bridgehead atoms.